The standard InChI is InChI=1S/C20H30N2O2S/c1-7-21-20-22(8-2)19(23)18(25-20)12-15-11-16(13(4)5)17(24-9-3)10-14(15)6/h10-11,13,18H,7-9,12H2,1-6H3/t18-/m1/s1. The van der Waals surface area contributed by atoms with Gasteiger partial charge in [0, 0.05) is 13.1 Å². The number of benzene rings is 1. The van der Waals surface area contributed by atoms with Gasteiger partial charge in [-0.25, -0.2) is 0 Å². The molecule has 0 aliphatic carbocycles. The zero-order chi connectivity index (χ0) is 18.6. The molecular formula is C20H30N2O2S. The molecule has 1 aliphatic rings. The lowest BCUT2D eigenvalue weighted by molar-refractivity contribution is -0.126. The SMILES string of the molecule is CCN=C1S[C@H](Cc2cc(C(C)C)c(OCC)cc2C)C(=O)N1CC. The smallest absolute Gasteiger partial charge is 0.242 e. The van der Waals surface area contributed by atoms with Crippen molar-refractivity contribution in [1.82, 2.24) is 4.90 Å². The number of nitrogens with zero attached hydrogens (tertiary/aromatic N) is 2. The van der Waals surface area contributed by atoms with Crippen LogP contribution < -0.4 is 4.74 Å². The number of aliphatic imine (C=N–C) groups is 1. The predicted molar refractivity (Wildman–Crippen MR) is 107 cm³/mol. The number of amides is 1. The van der Waals surface area contributed by atoms with Crippen molar-refractivity contribution in [3.8, 4) is 5.75 Å². The van der Waals surface area contributed by atoms with E-state index in [-0.39, 0.29) is 11.2 Å². The summed E-state index contributed by atoms with van der Waals surface area (Å²) in [5, 5.41) is 0.787. The third-order valence-electron chi connectivity index (χ3n) is 4.43. The van der Waals surface area contributed by atoms with Gasteiger partial charge in [0.15, 0.2) is 5.17 Å². The van der Waals surface area contributed by atoms with Crippen LogP contribution in [0.3, 0.4) is 0 Å². The largest absolute Gasteiger partial charge is 0.494 e. The normalized spacial score (nSPS) is 19.3. The first kappa shape index (κ1) is 19.8. The first-order chi connectivity index (χ1) is 11.9. The predicted octanol–water partition coefficient (Wildman–Crippen LogP) is 4.40. The van der Waals surface area contributed by atoms with Crippen LogP contribution in [0.4, 0.5) is 0 Å². The Morgan fingerprint density at radius 1 is 1.28 bits per heavy atom. The van der Waals surface area contributed by atoms with Crippen LogP contribution in [0.2, 0.25) is 0 Å². The quantitative estimate of drug-likeness (QED) is 0.722. The lowest BCUT2D eigenvalue weighted by atomic mass is 9.94. The molecule has 0 saturated carbocycles. The van der Waals surface area contributed by atoms with Gasteiger partial charge in [-0.1, -0.05) is 31.7 Å². The van der Waals surface area contributed by atoms with Crippen molar-refractivity contribution in [2.45, 2.75) is 59.1 Å². The number of carbonyl (C=O) groups is 1. The highest BCUT2D eigenvalue weighted by molar-refractivity contribution is 8.15. The third-order valence-corrected chi connectivity index (χ3v) is 5.64. The summed E-state index contributed by atoms with van der Waals surface area (Å²) in [6, 6.07) is 4.35. The monoisotopic (exact) mass is 362 g/mol. The summed E-state index contributed by atoms with van der Waals surface area (Å²) in [4.78, 5) is 19.0. The molecule has 1 amide bonds. The molecule has 1 aromatic carbocycles. The number of hydrogen-bond acceptors (Lipinski definition) is 4. The zero-order valence-corrected chi connectivity index (χ0v) is 17.1. The molecular weight excluding hydrogens is 332 g/mol. The Morgan fingerprint density at radius 2 is 2.00 bits per heavy atom. The molecule has 0 bridgehead atoms. The molecule has 25 heavy (non-hydrogen) atoms. The van der Waals surface area contributed by atoms with Crippen molar-refractivity contribution in [3.05, 3.63) is 28.8 Å². The van der Waals surface area contributed by atoms with Crippen molar-refractivity contribution < 1.29 is 9.53 Å². The summed E-state index contributed by atoms with van der Waals surface area (Å²) in [7, 11) is 0. The van der Waals surface area contributed by atoms with Gasteiger partial charge in [0.05, 0.1) is 11.9 Å². The fourth-order valence-electron chi connectivity index (χ4n) is 3.08. The number of aryl methyl sites for hydroxylation is 1. The number of carbonyl (C=O) groups excluding carboxylic acids is 1. The number of thioether (sulfide) groups is 1. The average molecular weight is 363 g/mol. The minimum atomic E-state index is -0.0816. The molecule has 4 nitrogen and oxygen atoms in total. The molecule has 0 unspecified atom stereocenters. The van der Waals surface area contributed by atoms with Crippen LogP contribution in [-0.4, -0.2) is 40.9 Å². The van der Waals surface area contributed by atoms with E-state index in [1.807, 2.05) is 25.7 Å². The number of amidine groups is 1. The first-order valence-electron chi connectivity index (χ1n) is 9.21. The average Bonchev–Trinajstić information content (AvgIpc) is 2.85. The Labute approximate surface area is 156 Å². The highest BCUT2D eigenvalue weighted by atomic mass is 32.2. The molecule has 0 N–H and O–H groups in total. The number of ether oxygens (including phenoxy) is 1. The second-order valence-electron chi connectivity index (χ2n) is 6.55. The molecule has 5 heteroatoms. The first-order valence-corrected chi connectivity index (χ1v) is 10.1. The molecule has 1 aliphatic heterocycles. The van der Waals surface area contributed by atoms with Crippen LogP contribution in [0.25, 0.3) is 0 Å². The van der Waals surface area contributed by atoms with E-state index in [2.05, 4.69) is 37.9 Å². The van der Waals surface area contributed by atoms with E-state index in [9.17, 15) is 4.79 Å². The topological polar surface area (TPSA) is 41.9 Å². The molecule has 2 rings (SSSR count). The molecule has 138 valence electrons. The van der Waals surface area contributed by atoms with Gasteiger partial charge < -0.3 is 4.74 Å². The summed E-state index contributed by atoms with van der Waals surface area (Å²) in [6.07, 6.45) is 0.737. The van der Waals surface area contributed by atoms with Gasteiger partial charge in [0.25, 0.3) is 0 Å². The Kier molecular flexibility index (Phi) is 6.94. The maximum Gasteiger partial charge on any atom is 0.242 e. The molecule has 0 spiro atoms. The Hall–Kier alpha value is -1.49. The maximum atomic E-state index is 12.7. The van der Waals surface area contributed by atoms with Crippen molar-refractivity contribution in [1.29, 1.82) is 0 Å². The van der Waals surface area contributed by atoms with Crippen molar-refractivity contribution in [2.24, 2.45) is 4.99 Å². The van der Waals surface area contributed by atoms with E-state index in [1.165, 1.54) is 16.7 Å². The van der Waals surface area contributed by atoms with Gasteiger partial charge in [0.1, 0.15) is 5.75 Å². The summed E-state index contributed by atoms with van der Waals surface area (Å²) >= 11 is 1.60. The summed E-state index contributed by atoms with van der Waals surface area (Å²) in [6.45, 7) is 14.5. The lowest BCUT2D eigenvalue weighted by Crippen LogP contribution is -2.32. The highest BCUT2D eigenvalue weighted by Crippen LogP contribution is 2.34. The van der Waals surface area contributed by atoms with Gasteiger partial charge >= 0.3 is 0 Å². The fraction of sp³-hybridized carbons (Fsp3) is 0.600. The minimum Gasteiger partial charge on any atom is -0.494 e. The third kappa shape index (κ3) is 4.38. The van der Waals surface area contributed by atoms with Crippen molar-refractivity contribution >= 4 is 22.8 Å². The number of rotatable bonds is 7. The van der Waals surface area contributed by atoms with Crippen LogP contribution in [-0.2, 0) is 11.2 Å². The van der Waals surface area contributed by atoms with Gasteiger partial charge in [0.2, 0.25) is 5.91 Å². The molecule has 0 aromatic heterocycles. The van der Waals surface area contributed by atoms with Crippen molar-refractivity contribution in [3.63, 3.8) is 0 Å². The Morgan fingerprint density at radius 3 is 2.56 bits per heavy atom. The fourth-order valence-corrected chi connectivity index (χ4v) is 4.38. The van der Waals surface area contributed by atoms with E-state index < -0.39 is 0 Å². The van der Waals surface area contributed by atoms with Crippen LogP contribution in [0.5, 0.6) is 5.75 Å². The lowest BCUT2D eigenvalue weighted by Gasteiger charge is -2.18. The van der Waals surface area contributed by atoms with Crippen LogP contribution >= 0.6 is 11.8 Å². The van der Waals surface area contributed by atoms with E-state index in [1.54, 1.807) is 11.8 Å². The van der Waals surface area contributed by atoms with Gasteiger partial charge in [-0.3, -0.25) is 14.7 Å². The molecule has 1 heterocycles. The Balaban J connectivity index is 2.29. The minimum absolute atomic E-state index is 0.0816. The molecule has 1 aromatic rings. The van der Waals surface area contributed by atoms with Gasteiger partial charge in [-0.15, -0.1) is 0 Å². The molecule has 1 saturated heterocycles. The van der Waals surface area contributed by atoms with Crippen LogP contribution in [0.1, 0.15) is 57.2 Å². The second-order valence-corrected chi connectivity index (χ2v) is 7.72. The summed E-state index contributed by atoms with van der Waals surface area (Å²) in [5.41, 5.74) is 3.63. The van der Waals surface area contributed by atoms with Gasteiger partial charge in [-0.2, -0.15) is 0 Å². The number of hydrogen-bond donors (Lipinski definition) is 0. The molecule has 1 atom stereocenters. The van der Waals surface area contributed by atoms with E-state index >= 15 is 0 Å². The molecule has 0 radical (unpaired) electrons. The van der Waals surface area contributed by atoms with E-state index in [4.69, 9.17) is 4.74 Å². The second kappa shape index (κ2) is 8.75. The van der Waals surface area contributed by atoms with Crippen LogP contribution in [0, 0.1) is 6.92 Å². The Bertz CT molecular complexity index is 655. The van der Waals surface area contributed by atoms with E-state index in [0.29, 0.717) is 25.6 Å². The summed E-state index contributed by atoms with van der Waals surface area (Å²) < 4.78 is 5.81. The van der Waals surface area contributed by atoms with Crippen LogP contribution in [0.15, 0.2) is 17.1 Å². The zero-order valence-electron chi connectivity index (χ0n) is 16.3. The molecule has 1 fully saturated rings. The summed E-state index contributed by atoms with van der Waals surface area (Å²) in [5.74, 6) is 1.53. The highest BCUT2D eigenvalue weighted by Gasteiger charge is 2.37. The van der Waals surface area contributed by atoms with Crippen molar-refractivity contribution in [2.75, 3.05) is 19.7 Å². The van der Waals surface area contributed by atoms with Gasteiger partial charge in [-0.05, 0) is 62.8 Å². The van der Waals surface area contributed by atoms with E-state index in [0.717, 1.165) is 17.3 Å². The maximum absolute atomic E-state index is 12.7.